The van der Waals surface area contributed by atoms with Crippen LogP contribution in [0.3, 0.4) is 0 Å². The maximum atomic E-state index is 5.65. The summed E-state index contributed by atoms with van der Waals surface area (Å²) in [7, 11) is 0. The molecule has 94 valence electrons. The van der Waals surface area contributed by atoms with Crippen LogP contribution < -0.4 is 0 Å². The largest absolute Gasteiger partial charge is 0.379 e. The molecule has 17 heavy (non-hydrogen) atoms. The number of rotatable bonds is 6. The summed E-state index contributed by atoms with van der Waals surface area (Å²) in [6.45, 7) is 6.58. The van der Waals surface area contributed by atoms with Crippen molar-refractivity contribution in [2.24, 2.45) is 0 Å². The van der Waals surface area contributed by atoms with E-state index in [9.17, 15) is 0 Å². The summed E-state index contributed by atoms with van der Waals surface area (Å²) in [6.07, 6.45) is 1.10. The first-order valence-corrected chi connectivity index (χ1v) is 6.37. The zero-order valence-electron chi connectivity index (χ0n) is 10.3. The number of ether oxygens (including phenoxy) is 2. The van der Waals surface area contributed by atoms with E-state index < -0.39 is 0 Å². The molecule has 1 saturated heterocycles. The van der Waals surface area contributed by atoms with Crippen molar-refractivity contribution in [1.82, 2.24) is 4.90 Å². The Morgan fingerprint density at radius 1 is 1.12 bits per heavy atom. The highest BCUT2D eigenvalue weighted by Crippen LogP contribution is 2.02. The number of nitrogens with zero attached hydrogens (tertiary/aromatic N) is 1. The molecule has 1 aliphatic heterocycles. The summed E-state index contributed by atoms with van der Waals surface area (Å²) >= 11 is 0. The molecule has 0 radical (unpaired) electrons. The lowest BCUT2D eigenvalue weighted by Crippen LogP contribution is -2.37. The Morgan fingerprint density at radius 3 is 2.65 bits per heavy atom. The van der Waals surface area contributed by atoms with E-state index in [0.29, 0.717) is 0 Å². The zero-order valence-corrected chi connectivity index (χ0v) is 10.3. The van der Waals surface area contributed by atoms with Gasteiger partial charge in [0.25, 0.3) is 0 Å². The number of hydrogen-bond acceptors (Lipinski definition) is 3. The first-order valence-electron chi connectivity index (χ1n) is 6.37. The van der Waals surface area contributed by atoms with Crippen LogP contribution in [0.1, 0.15) is 12.0 Å². The SMILES string of the molecule is c1ccc(COCCCN2CCOCC2)cc1. The van der Waals surface area contributed by atoms with E-state index in [1.807, 2.05) is 18.2 Å². The first kappa shape index (κ1) is 12.6. The Kier molecular flexibility index (Phi) is 5.49. The van der Waals surface area contributed by atoms with Gasteiger partial charge in [-0.1, -0.05) is 30.3 Å². The molecule has 3 heteroatoms. The second kappa shape index (κ2) is 7.43. The van der Waals surface area contributed by atoms with Crippen LogP contribution >= 0.6 is 0 Å². The standard InChI is InChI=1S/C14H21NO2/c1-2-5-14(6-3-1)13-17-10-4-7-15-8-11-16-12-9-15/h1-3,5-6H,4,7-13H2. The lowest BCUT2D eigenvalue weighted by atomic mass is 10.2. The molecular formula is C14H21NO2. The highest BCUT2D eigenvalue weighted by atomic mass is 16.5. The van der Waals surface area contributed by atoms with Crippen LogP contribution in [0.5, 0.6) is 0 Å². The van der Waals surface area contributed by atoms with Crippen molar-refractivity contribution in [3.8, 4) is 0 Å². The van der Waals surface area contributed by atoms with Crippen molar-refractivity contribution < 1.29 is 9.47 Å². The molecule has 3 nitrogen and oxygen atoms in total. The van der Waals surface area contributed by atoms with Crippen LogP contribution in [0.2, 0.25) is 0 Å². The molecule has 0 aliphatic carbocycles. The number of benzene rings is 1. The van der Waals surface area contributed by atoms with Crippen molar-refractivity contribution in [3.05, 3.63) is 35.9 Å². The molecule has 0 saturated carbocycles. The molecule has 1 heterocycles. The molecule has 0 atom stereocenters. The van der Waals surface area contributed by atoms with Crippen LogP contribution in [0.25, 0.3) is 0 Å². The van der Waals surface area contributed by atoms with E-state index >= 15 is 0 Å². The van der Waals surface area contributed by atoms with Gasteiger partial charge in [0, 0.05) is 26.2 Å². The molecule has 0 unspecified atom stereocenters. The summed E-state index contributed by atoms with van der Waals surface area (Å²) in [5.41, 5.74) is 1.25. The minimum atomic E-state index is 0.726. The van der Waals surface area contributed by atoms with Gasteiger partial charge in [-0.15, -0.1) is 0 Å². The van der Waals surface area contributed by atoms with Gasteiger partial charge in [0.15, 0.2) is 0 Å². The fourth-order valence-corrected chi connectivity index (χ4v) is 1.98. The molecule has 0 bridgehead atoms. The van der Waals surface area contributed by atoms with Crippen molar-refractivity contribution >= 4 is 0 Å². The second-order valence-electron chi connectivity index (χ2n) is 4.35. The van der Waals surface area contributed by atoms with Gasteiger partial charge in [0.05, 0.1) is 19.8 Å². The fraction of sp³-hybridized carbons (Fsp3) is 0.571. The Bertz CT molecular complexity index is 296. The number of hydrogen-bond donors (Lipinski definition) is 0. The Labute approximate surface area is 103 Å². The van der Waals surface area contributed by atoms with Crippen molar-refractivity contribution in [2.45, 2.75) is 13.0 Å². The lowest BCUT2D eigenvalue weighted by Gasteiger charge is -2.26. The average molecular weight is 235 g/mol. The number of morpholine rings is 1. The maximum Gasteiger partial charge on any atom is 0.0716 e. The fourth-order valence-electron chi connectivity index (χ4n) is 1.98. The summed E-state index contributed by atoms with van der Waals surface area (Å²) in [4.78, 5) is 2.44. The summed E-state index contributed by atoms with van der Waals surface area (Å²) in [6, 6.07) is 10.3. The van der Waals surface area contributed by atoms with Gasteiger partial charge in [0.2, 0.25) is 0 Å². The van der Waals surface area contributed by atoms with Gasteiger partial charge >= 0.3 is 0 Å². The molecule has 2 rings (SSSR count). The third-order valence-electron chi connectivity index (χ3n) is 2.98. The molecule has 1 fully saturated rings. The van der Waals surface area contributed by atoms with Crippen molar-refractivity contribution in [3.63, 3.8) is 0 Å². The molecule has 0 N–H and O–H groups in total. The monoisotopic (exact) mass is 235 g/mol. The van der Waals surface area contributed by atoms with Crippen LogP contribution in [-0.4, -0.2) is 44.4 Å². The Morgan fingerprint density at radius 2 is 1.88 bits per heavy atom. The van der Waals surface area contributed by atoms with Gasteiger partial charge in [-0.05, 0) is 12.0 Å². The molecule has 0 spiro atoms. The maximum absolute atomic E-state index is 5.65. The smallest absolute Gasteiger partial charge is 0.0716 e. The topological polar surface area (TPSA) is 21.7 Å². The minimum Gasteiger partial charge on any atom is -0.379 e. The quantitative estimate of drug-likeness (QED) is 0.703. The van der Waals surface area contributed by atoms with Gasteiger partial charge < -0.3 is 9.47 Å². The van der Waals surface area contributed by atoms with E-state index in [4.69, 9.17) is 9.47 Å². The molecule has 1 aliphatic rings. The summed E-state index contributed by atoms with van der Waals surface area (Å²) < 4.78 is 11.0. The summed E-state index contributed by atoms with van der Waals surface area (Å²) in [5, 5.41) is 0. The van der Waals surface area contributed by atoms with E-state index in [-0.39, 0.29) is 0 Å². The van der Waals surface area contributed by atoms with E-state index in [1.165, 1.54) is 5.56 Å². The highest BCUT2D eigenvalue weighted by molar-refractivity contribution is 5.13. The molecule has 0 amide bonds. The van der Waals surface area contributed by atoms with Gasteiger partial charge in [0.1, 0.15) is 0 Å². The van der Waals surface area contributed by atoms with Crippen LogP contribution in [0.15, 0.2) is 30.3 Å². The zero-order chi connectivity index (χ0) is 11.8. The lowest BCUT2D eigenvalue weighted by molar-refractivity contribution is 0.0310. The Balaban J connectivity index is 1.51. The van der Waals surface area contributed by atoms with E-state index in [2.05, 4.69) is 17.0 Å². The predicted octanol–water partition coefficient (Wildman–Crippen LogP) is 1.93. The summed E-state index contributed by atoms with van der Waals surface area (Å²) in [5.74, 6) is 0. The normalized spacial score (nSPS) is 17.2. The third kappa shape index (κ3) is 4.86. The van der Waals surface area contributed by atoms with Crippen LogP contribution in [0, 0.1) is 0 Å². The highest BCUT2D eigenvalue weighted by Gasteiger charge is 2.08. The molecular weight excluding hydrogens is 214 g/mol. The van der Waals surface area contributed by atoms with Gasteiger partial charge in [-0.3, -0.25) is 4.90 Å². The predicted molar refractivity (Wildman–Crippen MR) is 68.0 cm³/mol. The van der Waals surface area contributed by atoms with Crippen molar-refractivity contribution in [1.29, 1.82) is 0 Å². The van der Waals surface area contributed by atoms with Crippen LogP contribution in [0.4, 0.5) is 0 Å². The average Bonchev–Trinajstić information content (AvgIpc) is 2.41. The van der Waals surface area contributed by atoms with Gasteiger partial charge in [-0.2, -0.15) is 0 Å². The second-order valence-corrected chi connectivity index (χ2v) is 4.35. The van der Waals surface area contributed by atoms with Crippen LogP contribution in [-0.2, 0) is 16.1 Å². The van der Waals surface area contributed by atoms with Gasteiger partial charge in [-0.25, -0.2) is 0 Å². The Hall–Kier alpha value is -0.900. The van der Waals surface area contributed by atoms with E-state index in [1.54, 1.807) is 0 Å². The molecule has 1 aromatic carbocycles. The van der Waals surface area contributed by atoms with E-state index in [0.717, 1.165) is 52.5 Å². The first-order chi connectivity index (χ1) is 8.45. The van der Waals surface area contributed by atoms with Crippen molar-refractivity contribution in [2.75, 3.05) is 39.5 Å². The molecule has 1 aromatic rings. The third-order valence-corrected chi connectivity index (χ3v) is 2.98. The molecule has 0 aromatic heterocycles. The minimum absolute atomic E-state index is 0.726.